The van der Waals surface area contributed by atoms with Crippen LogP contribution in [0.3, 0.4) is 0 Å². The van der Waals surface area contributed by atoms with E-state index in [1.165, 1.54) is 6.42 Å². The fraction of sp³-hybridized carbons (Fsp3) is 0.583. The molecule has 0 aliphatic heterocycles. The lowest BCUT2D eigenvalue weighted by Gasteiger charge is -2.13. The molecule has 0 amide bonds. The van der Waals surface area contributed by atoms with E-state index in [-0.39, 0.29) is 0 Å². The lowest BCUT2D eigenvalue weighted by molar-refractivity contribution is 0.137. The van der Waals surface area contributed by atoms with Crippen LogP contribution < -0.4 is 5.32 Å². The molecule has 0 aromatic carbocycles. The van der Waals surface area contributed by atoms with Gasteiger partial charge in [-0.1, -0.05) is 6.92 Å². The molecule has 0 spiro atoms. The number of fused-ring (bicyclic) bond motifs is 1. The number of alkyl halides is 2. The molecule has 0 bridgehead atoms. The number of aromatic nitrogens is 4. The van der Waals surface area contributed by atoms with Gasteiger partial charge in [-0.2, -0.15) is 4.52 Å². The number of rotatable bonds is 3. The van der Waals surface area contributed by atoms with E-state index >= 15 is 0 Å². The van der Waals surface area contributed by atoms with Gasteiger partial charge >= 0.3 is 0 Å². The van der Waals surface area contributed by atoms with Gasteiger partial charge in [0.1, 0.15) is 5.82 Å². The Morgan fingerprint density at radius 3 is 2.84 bits per heavy atom. The fourth-order valence-corrected chi connectivity index (χ4v) is 2.57. The molecule has 1 N–H and O–H groups in total. The summed E-state index contributed by atoms with van der Waals surface area (Å²) >= 11 is 0. The smallest absolute Gasteiger partial charge is 0.299 e. The Bertz CT molecular complexity index is 583. The third-order valence-corrected chi connectivity index (χ3v) is 3.53. The summed E-state index contributed by atoms with van der Waals surface area (Å²) in [5, 5.41) is 14.6. The summed E-state index contributed by atoms with van der Waals surface area (Å²) in [6.07, 6.45) is 0.688. The Morgan fingerprint density at radius 1 is 1.32 bits per heavy atom. The van der Waals surface area contributed by atoms with Crippen LogP contribution in [0, 0.1) is 5.92 Å². The average molecular weight is 267 g/mol. The van der Waals surface area contributed by atoms with Crippen molar-refractivity contribution in [1.82, 2.24) is 19.8 Å². The van der Waals surface area contributed by atoms with E-state index in [0.29, 0.717) is 23.4 Å². The average Bonchev–Trinajstić information content (AvgIpc) is 2.95. The summed E-state index contributed by atoms with van der Waals surface area (Å²) in [7, 11) is 0. The molecule has 5 nitrogen and oxygen atoms in total. The highest BCUT2D eigenvalue weighted by Gasteiger charge is 2.22. The van der Waals surface area contributed by atoms with Crippen molar-refractivity contribution in [2.75, 3.05) is 5.32 Å². The van der Waals surface area contributed by atoms with Gasteiger partial charge < -0.3 is 5.32 Å². The number of nitrogens with one attached hydrogen (secondary N) is 1. The van der Waals surface area contributed by atoms with Gasteiger partial charge in [0, 0.05) is 6.04 Å². The first kappa shape index (κ1) is 12.3. The second-order valence-electron chi connectivity index (χ2n) is 5.11. The lowest BCUT2D eigenvalue weighted by atomic mass is 10.1. The van der Waals surface area contributed by atoms with Crippen LogP contribution in [0.4, 0.5) is 14.6 Å². The van der Waals surface area contributed by atoms with E-state index in [0.717, 1.165) is 17.4 Å². The minimum atomic E-state index is -2.68. The zero-order valence-corrected chi connectivity index (χ0v) is 10.6. The first-order valence-electron chi connectivity index (χ1n) is 6.40. The zero-order valence-electron chi connectivity index (χ0n) is 10.6. The minimum absolute atomic E-state index is 0.334. The summed E-state index contributed by atoms with van der Waals surface area (Å²) in [4.78, 5) is 0. The summed E-state index contributed by atoms with van der Waals surface area (Å²) in [6.45, 7) is 2.22. The second kappa shape index (κ2) is 4.71. The standard InChI is InChI=1S/C12H15F2N5/c1-7-2-3-8(6-7)15-9-4-5-10-16-17-12(11(13)14)19(10)18-9/h4-5,7-8,11H,2-3,6H2,1H3,(H,15,18). The van der Waals surface area contributed by atoms with E-state index < -0.39 is 12.2 Å². The molecule has 102 valence electrons. The Kier molecular flexibility index (Phi) is 3.04. The fourth-order valence-electron chi connectivity index (χ4n) is 2.57. The van der Waals surface area contributed by atoms with Crippen LogP contribution in [0.5, 0.6) is 0 Å². The molecule has 0 saturated heterocycles. The van der Waals surface area contributed by atoms with Crippen molar-refractivity contribution in [1.29, 1.82) is 0 Å². The minimum Gasteiger partial charge on any atom is -0.366 e. The van der Waals surface area contributed by atoms with Crippen LogP contribution in [0.2, 0.25) is 0 Å². The van der Waals surface area contributed by atoms with Crippen molar-refractivity contribution < 1.29 is 8.78 Å². The largest absolute Gasteiger partial charge is 0.366 e. The van der Waals surface area contributed by atoms with Gasteiger partial charge in [-0.25, -0.2) is 8.78 Å². The number of anilines is 1. The Morgan fingerprint density at radius 2 is 2.16 bits per heavy atom. The van der Waals surface area contributed by atoms with E-state index in [9.17, 15) is 8.78 Å². The predicted octanol–water partition coefficient (Wildman–Crippen LogP) is 2.66. The highest BCUT2D eigenvalue weighted by molar-refractivity contribution is 5.44. The molecular weight excluding hydrogens is 252 g/mol. The maximum Gasteiger partial charge on any atom is 0.299 e. The number of hydrogen-bond acceptors (Lipinski definition) is 4. The molecule has 1 aliphatic carbocycles. The van der Waals surface area contributed by atoms with Crippen molar-refractivity contribution in [3.8, 4) is 0 Å². The van der Waals surface area contributed by atoms with E-state index in [1.807, 2.05) is 0 Å². The van der Waals surface area contributed by atoms with Gasteiger partial charge in [0.15, 0.2) is 5.65 Å². The normalized spacial score (nSPS) is 23.4. The van der Waals surface area contributed by atoms with Crippen molar-refractivity contribution in [2.24, 2.45) is 5.92 Å². The van der Waals surface area contributed by atoms with Crippen molar-refractivity contribution >= 4 is 11.5 Å². The molecule has 2 aromatic heterocycles. The Balaban J connectivity index is 1.86. The van der Waals surface area contributed by atoms with Crippen molar-refractivity contribution in [3.05, 3.63) is 18.0 Å². The van der Waals surface area contributed by atoms with Gasteiger partial charge in [-0.3, -0.25) is 0 Å². The van der Waals surface area contributed by atoms with Crippen LogP contribution in [-0.2, 0) is 0 Å². The monoisotopic (exact) mass is 267 g/mol. The third-order valence-electron chi connectivity index (χ3n) is 3.53. The van der Waals surface area contributed by atoms with Gasteiger partial charge in [-0.15, -0.1) is 15.3 Å². The third kappa shape index (κ3) is 2.36. The van der Waals surface area contributed by atoms with Crippen LogP contribution in [0.1, 0.15) is 38.4 Å². The van der Waals surface area contributed by atoms with Crippen LogP contribution >= 0.6 is 0 Å². The molecule has 1 aliphatic rings. The molecule has 19 heavy (non-hydrogen) atoms. The first-order chi connectivity index (χ1) is 9.13. The molecule has 2 aromatic rings. The maximum absolute atomic E-state index is 12.7. The summed E-state index contributed by atoms with van der Waals surface area (Å²) < 4.78 is 26.6. The zero-order chi connectivity index (χ0) is 13.4. The topological polar surface area (TPSA) is 55.1 Å². The molecule has 2 unspecified atom stereocenters. The molecule has 0 radical (unpaired) electrons. The molecule has 3 rings (SSSR count). The van der Waals surface area contributed by atoms with Gasteiger partial charge in [0.2, 0.25) is 5.82 Å². The van der Waals surface area contributed by atoms with Crippen molar-refractivity contribution in [3.63, 3.8) is 0 Å². The molecular formula is C12H15F2N5. The van der Waals surface area contributed by atoms with Crippen LogP contribution in [-0.4, -0.2) is 25.9 Å². The highest BCUT2D eigenvalue weighted by atomic mass is 19.3. The van der Waals surface area contributed by atoms with E-state index in [1.54, 1.807) is 12.1 Å². The first-order valence-corrected chi connectivity index (χ1v) is 6.40. The van der Waals surface area contributed by atoms with Crippen LogP contribution in [0.15, 0.2) is 12.1 Å². The quantitative estimate of drug-likeness (QED) is 0.929. The van der Waals surface area contributed by atoms with E-state index in [2.05, 4.69) is 27.5 Å². The lowest BCUT2D eigenvalue weighted by Crippen LogP contribution is -2.17. The maximum atomic E-state index is 12.7. The summed E-state index contributed by atoms with van der Waals surface area (Å²) in [5.74, 6) is 0.875. The molecule has 7 heteroatoms. The Labute approximate surface area is 109 Å². The number of halogens is 2. The van der Waals surface area contributed by atoms with Gasteiger partial charge in [0.05, 0.1) is 0 Å². The molecule has 2 heterocycles. The Hall–Kier alpha value is -1.79. The second-order valence-corrected chi connectivity index (χ2v) is 5.11. The molecule has 1 fully saturated rings. The number of nitrogens with zero attached hydrogens (tertiary/aromatic N) is 4. The SMILES string of the molecule is CC1CCC(Nc2ccc3nnc(C(F)F)n3n2)C1. The van der Waals surface area contributed by atoms with Gasteiger partial charge in [0.25, 0.3) is 6.43 Å². The van der Waals surface area contributed by atoms with E-state index in [4.69, 9.17) is 0 Å². The highest BCUT2D eigenvalue weighted by Crippen LogP contribution is 2.27. The summed E-state index contributed by atoms with van der Waals surface area (Å²) in [6, 6.07) is 3.76. The van der Waals surface area contributed by atoms with Gasteiger partial charge in [-0.05, 0) is 37.3 Å². The predicted molar refractivity (Wildman–Crippen MR) is 66.2 cm³/mol. The summed E-state index contributed by atoms with van der Waals surface area (Å²) in [5.41, 5.74) is 0.334. The number of hydrogen-bond donors (Lipinski definition) is 1. The molecule has 2 atom stereocenters. The molecule has 1 saturated carbocycles. The van der Waals surface area contributed by atoms with Crippen LogP contribution in [0.25, 0.3) is 5.65 Å². The van der Waals surface area contributed by atoms with Crippen molar-refractivity contribution in [2.45, 2.75) is 38.7 Å².